The number of guanidine groups is 1. The number of methoxy groups -OCH3 is 1. The van der Waals surface area contributed by atoms with Gasteiger partial charge in [-0.3, -0.25) is 9.79 Å². The summed E-state index contributed by atoms with van der Waals surface area (Å²) in [6.07, 6.45) is 4.87. The van der Waals surface area contributed by atoms with Crippen LogP contribution >= 0.6 is 0 Å². The minimum Gasteiger partial charge on any atom is -0.385 e. The number of benzene rings is 1. The van der Waals surface area contributed by atoms with Gasteiger partial charge in [0, 0.05) is 39.4 Å². The first-order chi connectivity index (χ1) is 11.6. The molecule has 1 aliphatic rings. The van der Waals surface area contributed by atoms with Crippen LogP contribution in [0.2, 0.25) is 0 Å². The number of carbonyl (C=O) groups is 1. The predicted molar refractivity (Wildman–Crippen MR) is 95.9 cm³/mol. The normalized spacial score (nSPS) is 16.3. The number of amides is 1. The van der Waals surface area contributed by atoms with Crippen molar-refractivity contribution in [2.45, 2.75) is 32.2 Å². The van der Waals surface area contributed by atoms with E-state index in [0.717, 1.165) is 31.1 Å². The average molecular weight is 332 g/mol. The SMILES string of the molecule is CN=C(NCc1ccc(C(N)=O)cc1)NCC1(CCOC)CCC1. The quantitative estimate of drug-likeness (QED) is 0.499. The van der Waals surface area contributed by atoms with Crippen molar-refractivity contribution >= 4 is 11.9 Å². The van der Waals surface area contributed by atoms with Crippen LogP contribution in [0.4, 0.5) is 0 Å². The topological polar surface area (TPSA) is 88.7 Å². The van der Waals surface area contributed by atoms with Gasteiger partial charge >= 0.3 is 0 Å². The molecule has 1 fully saturated rings. The number of hydrogen-bond acceptors (Lipinski definition) is 3. The fourth-order valence-electron chi connectivity index (χ4n) is 2.97. The number of carbonyl (C=O) groups excluding carboxylic acids is 1. The Balaban J connectivity index is 1.81. The molecule has 2 rings (SSSR count). The molecular weight excluding hydrogens is 304 g/mol. The Morgan fingerprint density at radius 2 is 2.00 bits per heavy atom. The van der Waals surface area contributed by atoms with E-state index in [9.17, 15) is 4.79 Å². The zero-order valence-corrected chi connectivity index (χ0v) is 14.6. The van der Waals surface area contributed by atoms with Gasteiger partial charge in [0.2, 0.25) is 5.91 Å². The van der Waals surface area contributed by atoms with Crippen LogP contribution < -0.4 is 16.4 Å². The third-order valence-corrected chi connectivity index (χ3v) is 4.80. The van der Waals surface area contributed by atoms with Gasteiger partial charge in [0.05, 0.1) is 0 Å². The van der Waals surface area contributed by atoms with Crippen molar-refractivity contribution in [1.82, 2.24) is 10.6 Å². The highest BCUT2D eigenvalue weighted by Crippen LogP contribution is 2.43. The first kappa shape index (κ1) is 18.3. The van der Waals surface area contributed by atoms with Crippen LogP contribution in [0.3, 0.4) is 0 Å². The summed E-state index contributed by atoms with van der Waals surface area (Å²) < 4.78 is 5.23. The van der Waals surface area contributed by atoms with Crippen LogP contribution in [0.1, 0.15) is 41.6 Å². The third kappa shape index (κ3) is 4.96. The average Bonchev–Trinajstić information content (AvgIpc) is 2.56. The summed E-state index contributed by atoms with van der Waals surface area (Å²) in [4.78, 5) is 15.4. The van der Waals surface area contributed by atoms with Crippen LogP contribution in [0, 0.1) is 5.41 Å². The Labute approximate surface area is 143 Å². The van der Waals surface area contributed by atoms with E-state index in [0.29, 0.717) is 17.5 Å². The number of rotatable bonds is 8. The van der Waals surface area contributed by atoms with Crippen molar-refractivity contribution in [2.24, 2.45) is 16.1 Å². The second kappa shape index (κ2) is 8.68. The number of hydrogen-bond donors (Lipinski definition) is 3. The standard InChI is InChI=1S/C18H28N4O2/c1-20-17(22-13-18(8-3-9-18)10-11-24-2)21-12-14-4-6-15(7-5-14)16(19)23/h4-7H,3,8-13H2,1-2H3,(H2,19,23)(H2,20,21,22). The van der Waals surface area contributed by atoms with E-state index in [1.54, 1.807) is 26.3 Å². The molecule has 1 aromatic rings. The third-order valence-electron chi connectivity index (χ3n) is 4.80. The maximum Gasteiger partial charge on any atom is 0.248 e. The molecule has 24 heavy (non-hydrogen) atoms. The molecule has 0 aromatic heterocycles. The van der Waals surface area contributed by atoms with Crippen molar-refractivity contribution in [1.29, 1.82) is 0 Å². The summed E-state index contributed by atoms with van der Waals surface area (Å²) in [6.45, 7) is 2.36. The number of ether oxygens (including phenoxy) is 1. The Hall–Kier alpha value is -2.08. The Morgan fingerprint density at radius 3 is 2.50 bits per heavy atom. The van der Waals surface area contributed by atoms with Gasteiger partial charge in [0.15, 0.2) is 5.96 Å². The van der Waals surface area contributed by atoms with E-state index in [4.69, 9.17) is 10.5 Å². The Kier molecular flexibility index (Phi) is 6.61. The van der Waals surface area contributed by atoms with Crippen molar-refractivity contribution < 1.29 is 9.53 Å². The number of primary amides is 1. The fraction of sp³-hybridized carbons (Fsp3) is 0.556. The molecule has 6 heteroatoms. The molecule has 1 amide bonds. The molecule has 0 radical (unpaired) electrons. The van der Waals surface area contributed by atoms with Gasteiger partial charge in [-0.15, -0.1) is 0 Å². The van der Waals surface area contributed by atoms with E-state index in [2.05, 4.69) is 15.6 Å². The lowest BCUT2D eigenvalue weighted by Crippen LogP contribution is -2.46. The molecule has 132 valence electrons. The molecule has 0 bridgehead atoms. The van der Waals surface area contributed by atoms with E-state index < -0.39 is 5.91 Å². The molecule has 1 aliphatic carbocycles. The molecule has 0 spiro atoms. The van der Waals surface area contributed by atoms with Gasteiger partial charge in [-0.2, -0.15) is 0 Å². The lowest BCUT2D eigenvalue weighted by molar-refractivity contribution is 0.0732. The molecule has 0 saturated heterocycles. The summed E-state index contributed by atoms with van der Waals surface area (Å²) >= 11 is 0. The van der Waals surface area contributed by atoms with Crippen LogP contribution in [-0.2, 0) is 11.3 Å². The van der Waals surface area contributed by atoms with Crippen molar-refractivity contribution in [3.05, 3.63) is 35.4 Å². The maximum atomic E-state index is 11.1. The van der Waals surface area contributed by atoms with Gasteiger partial charge in [-0.25, -0.2) is 0 Å². The molecule has 0 heterocycles. The predicted octanol–water partition coefficient (Wildman–Crippen LogP) is 1.66. The fourth-order valence-corrected chi connectivity index (χ4v) is 2.97. The Morgan fingerprint density at radius 1 is 1.29 bits per heavy atom. The second-order valence-electron chi connectivity index (χ2n) is 6.44. The Bertz CT molecular complexity index is 565. The van der Waals surface area contributed by atoms with Crippen molar-refractivity contribution in [3.63, 3.8) is 0 Å². The lowest BCUT2D eigenvalue weighted by Gasteiger charge is -2.42. The van der Waals surface area contributed by atoms with E-state index in [-0.39, 0.29) is 0 Å². The van der Waals surface area contributed by atoms with Crippen molar-refractivity contribution in [2.75, 3.05) is 27.3 Å². The first-order valence-electron chi connectivity index (χ1n) is 8.41. The maximum absolute atomic E-state index is 11.1. The van der Waals surface area contributed by atoms with Crippen LogP contribution in [-0.4, -0.2) is 39.2 Å². The van der Waals surface area contributed by atoms with Crippen molar-refractivity contribution in [3.8, 4) is 0 Å². The van der Waals surface area contributed by atoms with E-state index in [1.807, 2.05) is 12.1 Å². The second-order valence-corrected chi connectivity index (χ2v) is 6.44. The summed E-state index contributed by atoms with van der Waals surface area (Å²) in [5.41, 5.74) is 7.18. The highest BCUT2D eigenvalue weighted by atomic mass is 16.5. The van der Waals surface area contributed by atoms with E-state index in [1.165, 1.54) is 19.3 Å². The summed E-state index contributed by atoms with van der Waals surface area (Å²) in [7, 11) is 3.53. The summed E-state index contributed by atoms with van der Waals surface area (Å²) in [5.74, 6) is 0.381. The monoisotopic (exact) mass is 332 g/mol. The molecule has 1 aromatic carbocycles. The zero-order chi connectivity index (χ0) is 17.4. The molecule has 0 aliphatic heterocycles. The van der Waals surface area contributed by atoms with Gasteiger partial charge < -0.3 is 21.1 Å². The highest BCUT2D eigenvalue weighted by Gasteiger charge is 2.36. The minimum atomic E-state index is -0.408. The van der Waals surface area contributed by atoms with Crippen LogP contribution in [0.25, 0.3) is 0 Å². The number of nitrogens with one attached hydrogen (secondary N) is 2. The van der Waals surface area contributed by atoms with Crippen LogP contribution in [0.5, 0.6) is 0 Å². The summed E-state index contributed by atoms with van der Waals surface area (Å²) in [6, 6.07) is 7.27. The number of aliphatic imine (C=N–C) groups is 1. The molecular formula is C18H28N4O2. The molecule has 1 saturated carbocycles. The van der Waals surface area contributed by atoms with Gasteiger partial charge in [0.1, 0.15) is 0 Å². The van der Waals surface area contributed by atoms with Crippen LogP contribution in [0.15, 0.2) is 29.3 Å². The lowest BCUT2D eigenvalue weighted by atomic mass is 9.67. The minimum absolute atomic E-state index is 0.344. The number of nitrogens with zero attached hydrogens (tertiary/aromatic N) is 1. The highest BCUT2D eigenvalue weighted by molar-refractivity contribution is 5.92. The summed E-state index contributed by atoms with van der Waals surface area (Å²) in [5, 5.41) is 6.73. The molecule has 0 atom stereocenters. The largest absolute Gasteiger partial charge is 0.385 e. The van der Waals surface area contributed by atoms with E-state index >= 15 is 0 Å². The molecule has 6 nitrogen and oxygen atoms in total. The van der Waals surface area contributed by atoms with Gasteiger partial charge in [0.25, 0.3) is 0 Å². The molecule has 0 unspecified atom stereocenters. The molecule has 4 N–H and O–H groups in total. The van der Waals surface area contributed by atoms with Gasteiger partial charge in [-0.05, 0) is 42.4 Å². The number of nitrogens with two attached hydrogens (primary N) is 1. The zero-order valence-electron chi connectivity index (χ0n) is 14.6. The smallest absolute Gasteiger partial charge is 0.248 e. The first-order valence-corrected chi connectivity index (χ1v) is 8.41. The van der Waals surface area contributed by atoms with Gasteiger partial charge in [-0.1, -0.05) is 18.6 Å².